The molecule has 1 saturated heterocycles. The van der Waals surface area contributed by atoms with Gasteiger partial charge in [0.2, 0.25) is 0 Å². The Bertz CT molecular complexity index is 1360. The summed E-state index contributed by atoms with van der Waals surface area (Å²) in [5.74, 6) is -1.97. The van der Waals surface area contributed by atoms with E-state index in [0.29, 0.717) is 37.9 Å². The molecule has 4 atom stereocenters. The molecule has 3 fully saturated rings. The van der Waals surface area contributed by atoms with Crippen molar-refractivity contribution < 1.29 is 38.1 Å². The van der Waals surface area contributed by atoms with E-state index in [4.69, 9.17) is 18.9 Å². The van der Waals surface area contributed by atoms with Crippen molar-refractivity contribution >= 4 is 29.5 Å². The van der Waals surface area contributed by atoms with Crippen molar-refractivity contribution in [3.63, 3.8) is 0 Å². The van der Waals surface area contributed by atoms with Crippen LogP contribution < -0.4 is 15.5 Å². The first kappa shape index (κ1) is 35.3. The number of carbonyl (C=O) groups excluding carboxylic acids is 4. The second-order valence-corrected chi connectivity index (χ2v) is 13.2. The number of rotatable bonds is 18. The quantitative estimate of drug-likeness (QED) is 0.180. The maximum Gasteiger partial charge on any atom is 0.347 e. The van der Waals surface area contributed by atoms with Crippen LogP contribution in [-0.4, -0.2) is 82.0 Å². The number of anilines is 1. The summed E-state index contributed by atoms with van der Waals surface area (Å²) in [5.41, 5.74) is 2.75. The van der Waals surface area contributed by atoms with Gasteiger partial charge in [-0.15, -0.1) is 0 Å². The third kappa shape index (κ3) is 11.1. The van der Waals surface area contributed by atoms with Gasteiger partial charge in [0.05, 0.1) is 19.1 Å². The van der Waals surface area contributed by atoms with Crippen LogP contribution in [0.4, 0.5) is 5.69 Å². The fraction of sp³-hybridized carbons (Fsp3) is 0.568. The van der Waals surface area contributed by atoms with Gasteiger partial charge in [-0.05, 0) is 61.9 Å². The molecule has 2 aliphatic carbocycles. The van der Waals surface area contributed by atoms with Crippen molar-refractivity contribution in [2.45, 2.75) is 76.7 Å². The van der Waals surface area contributed by atoms with Crippen molar-refractivity contribution in [2.75, 3.05) is 44.8 Å². The van der Waals surface area contributed by atoms with E-state index in [9.17, 15) is 19.2 Å². The van der Waals surface area contributed by atoms with Gasteiger partial charge in [-0.1, -0.05) is 68.1 Å². The van der Waals surface area contributed by atoms with Gasteiger partial charge in [-0.25, -0.2) is 4.79 Å². The monoisotopic (exact) mass is 663 g/mol. The van der Waals surface area contributed by atoms with Gasteiger partial charge in [0.15, 0.2) is 12.2 Å². The fourth-order valence-electron chi connectivity index (χ4n) is 5.83. The van der Waals surface area contributed by atoms with Crippen molar-refractivity contribution in [1.82, 2.24) is 10.6 Å². The van der Waals surface area contributed by atoms with Crippen LogP contribution in [0.5, 0.6) is 0 Å². The fourth-order valence-corrected chi connectivity index (χ4v) is 5.83. The average molecular weight is 664 g/mol. The normalized spacial score (nSPS) is 18.6. The standard InChI is InChI=1S/C37H49N3O8/c1-25(35(42)46-24-29-6-4-3-5-7-29)47-36(43)30(20-26-8-9-26)23-39-34(41)33(48-37(44)32(38-2)21-27-10-11-27)22-28-12-14-31(15-13-28)40-16-18-45-19-17-40/h3-7,12-15,25-27,30,32-33,38H,8-11,16-24H2,1-2H3,(H,39,41)/t25-,30+,32?,33?/m1/s1. The summed E-state index contributed by atoms with van der Waals surface area (Å²) in [6.45, 7) is 4.55. The van der Waals surface area contributed by atoms with Crippen LogP contribution >= 0.6 is 0 Å². The van der Waals surface area contributed by atoms with Crippen molar-refractivity contribution in [2.24, 2.45) is 17.8 Å². The molecule has 2 aromatic carbocycles. The predicted molar refractivity (Wildman–Crippen MR) is 179 cm³/mol. The Labute approximate surface area is 283 Å². The molecule has 2 N–H and O–H groups in total. The van der Waals surface area contributed by atoms with Crippen LogP contribution in [0.2, 0.25) is 0 Å². The molecule has 48 heavy (non-hydrogen) atoms. The topological polar surface area (TPSA) is 132 Å². The molecule has 3 aliphatic rings. The lowest BCUT2D eigenvalue weighted by Crippen LogP contribution is -2.46. The van der Waals surface area contributed by atoms with E-state index in [-0.39, 0.29) is 19.6 Å². The first-order chi connectivity index (χ1) is 23.3. The molecule has 0 spiro atoms. The Morgan fingerprint density at radius 2 is 1.50 bits per heavy atom. The van der Waals surface area contributed by atoms with E-state index in [2.05, 4.69) is 15.5 Å². The molecule has 11 nitrogen and oxygen atoms in total. The summed E-state index contributed by atoms with van der Waals surface area (Å²) in [5, 5.41) is 5.91. The highest BCUT2D eigenvalue weighted by molar-refractivity contribution is 5.86. The van der Waals surface area contributed by atoms with Gasteiger partial charge in [0, 0.05) is 31.7 Å². The highest BCUT2D eigenvalue weighted by atomic mass is 16.6. The second-order valence-electron chi connectivity index (χ2n) is 13.2. The smallest absolute Gasteiger partial charge is 0.347 e. The van der Waals surface area contributed by atoms with Crippen LogP contribution in [-0.2, 0) is 51.2 Å². The largest absolute Gasteiger partial charge is 0.458 e. The van der Waals surface area contributed by atoms with E-state index in [1.807, 2.05) is 54.6 Å². The van der Waals surface area contributed by atoms with Crippen LogP contribution in [0.1, 0.15) is 56.6 Å². The van der Waals surface area contributed by atoms with Crippen molar-refractivity contribution in [3.05, 3.63) is 65.7 Å². The maximum absolute atomic E-state index is 13.7. The molecule has 2 aromatic rings. The van der Waals surface area contributed by atoms with Crippen molar-refractivity contribution in [3.8, 4) is 0 Å². The molecule has 0 bridgehead atoms. The average Bonchev–Trinajstić information content (AvgIpc) is 4.05. The highest BCUT2D eigenvalue weighted by Gasteiger charge is 2.35. The highest BCUT2D eigenvalue weighted by Crippen LogP contribution is 2.36. The number of hydrogen-bond acceptors (Lipinski definition) is 10. The molecule has 1 heterocycles. The third-order valence-electron chi connectivity index (χ3n) is 9.20. The molecule has 1 amide bonds. The number of nitrogens with zero attached hydrogens (tertiary/aromatic N) is 1. The molecule has 0 radical (unpaired) electrons. The van der Waals surface area contributed by atoms with Crippen molar-refractivity contribution in [1.29, 1.82) is 0 Å². The Kier molecular flexibility index (Phi) is 12.8. The van der Waals surface area contributed by atoms with Gasteiger partial charge in [0.25, 0.3) is 5.91 Å². The number of benzene rings is 2. The molecular formula is C37H49N3O8. The molecule has 0 aromatic heterocycles. The van der Waals surface area contributed by atoms with E-state index in [1.54, 1.807) is 7.05 Å². The summed E-state index contributed by atoms with van der Waals surface area (Å²) in [6.07, 6.45) is 3.37. The number of likely N-dealkylation sites (N-methyl/N-ethyl adjacent to an activating group) is 1. The predicted octanol–water partition coefficient (Wildman–Crippen LogP) is 3.57. The number of carbonyl (C=O) groups is 4. The second kappa shape index (κ2) is 17.4. The lowest BCUT2D eigenvalue weighted by Gasteiger charge is -2.29. The summed E-state index contributed by atoms with van der Waals surface area (Å²) in [7, 11) is 1.72. The molecule has 11 heteroatoms. The van der Waals surface area contributed by atoms with E-state index < -0.39 is 48.0 Å². The van der Waals surface area contributed by atoms with Gasteiger partial charge < -0.3 is 34.5 Å². The minimum absolute atomic E-state index is 0.00149. The third-order valence-corrected chi connectivity index (χ3v) is 9.20. The summed E-state index contributed by atoms with van der Waals surface area (Å²) < 4.78 is 22.2. The van der Waals surface area contributed by atoms with Gasteiger partial charge in [0.1, 0.15) is 12.6 Å². The van der Waals surface area contributed by atoms with E-state index in [1.165, 1.54) is 6.92 Å². The van der Waals surface area contributed by atoms with E-state index in [0.717, 1.165) is 55.6 Å². The van der Waals surface area contributed by atoms with Gasteiger partial charge >= 0.3 is 17.9 Å². The maximum atomic E-state index is 13.7. The van der Waals surface area contributed by atoms with E-state index >= 15 is 0 Å². The zero-order valence-electron chi connectivity index (χ0n) is 28.1. The lowest BCUT2D eigenvalue weighted by atomic mass is 10.0. The Morgan fingerprint density at radius 1 is 0.833 bits per heavy atom. The first-order valence-corrected chi connectivity index (χ1v) is 17.3. The first-order valence-electron chi connectivity index (χ1n) is 17.3. The number of hydrogen-bond donors (Lipinski definition) is 2. The molecule has 5 rings (SSSR count). The summed E-state index contributed by atoms with van der Waals surface area (Å²) >= 11 is 0. The summed E-state index contributed by atoms with van der Waals surface area (Å²) in [6, 6.07) is 16.7. The number of nitrogens with one attached hydrogen (secondary N) is 2. The number of ether oxygens (including phenoxy) is 4. The van der Waals surface area contributed by atoms with Crippen LogP contribution in [0, 0.1) is 17.8 Å². The molecular weight excluding hydrogens is 614 g/mol. The molecule has 1 aliphatic heterocycles. The number of morpholine rings is 1. The number of amides is 1. The van der Waals surface area contributed by atoms with Gasteiger partial charge in [-0.3, -0.25) is 14.4 Å². The van der Waals surface area contributed by atoms with Crippen LogP contribution in [0.3, 0.4) is 0 Å². The lowest BCUT2D eigenvalue weighted by molar-refractivity contribution is -0.170. The Balaban J connectivity index is 1.20. The number of esters is 3. The Morgan fingerprint density at radius 3 is 2.15 bits per heavy atom. The molecule has 2 unspecified atom stereocenters. The molecule has 260 valence electrons. The SMILES string of the molecule is CNC(CC1CC1)C(=O)OC(Cc1ccc(N2CCOCC2)cc1)C(=O)NC[C@H](CC1CC1)C(=O)O[C@H](C)C(=O)OCc1ccccc1. The van der Waals surface area contributed by atoms with Crippen LogP contribution in [0.15, 0.2) is 54.6 Å². The summed E-state index contributed by atoms with van der Waals surface area (Å²) in [4.78, 5) is 55.0. The minimum atomic E-state index is -1.10. The van der Waals surface area contributed by atoms with Crippen LogP contribution in [0.25, 0.3) is 0 Å². The zero-order valence-corrected chi connectivity index (χ0v) is 28.1. The van der Waals surface area contributed by atoms with Gasteiger partial charge in [-0.2, -0.15) is 0 Å². The zero-order chi connectivity index (χ0) is 33.9. The molecule has 2 saturated carbocycles. The Hall–Kier alpha value is -3.96. The minimum Gasteiger partial charge on any atom is -0.458 e.